The summed E-state index contributed by atoms with van der Waals surface area (Å²) in [5.41, 5.74) is 5.69. The van der Waals surface area contributed by atoms with Crippen LogP contribution in [0.5, 0.6) is 0 Å². The molecule has 1 aliphatic heterocycles. The molecule has 2 N–H and O–H groups in total. The summed E-state index contributed by atoms with van der Waals surface area (Å²) in [4.78, 5) is 38.3. The average molecular weight is 324 g/mol. The van der Waals surface area contributed by atoms with Crippen molar-refractivity contribution in [2.24, 2.45) is 5.73 Å². The molecule has 0 radical (unpaired) electrons. The number of carbonyl (C=O) groups excluding carboxylic acids is 3. The van der Waals surface area contributed by atoms with Gasteiger partial charge in [-0.15, -0.1) is 0 Å². The SMILES string of the molecule is CC1CN(c2ccccc2Cl)C(=O)CN1C(=O)CCC(N)=O. The van der Waals surface area contributed by atoms with Crippen LogP contribution in [0.25, 0.3) is 0 Å². The first-order valence-corrected chi connectivity index (χ1v) is 7.40. The van der Waals surface area contributed by atoms with Gasteiger partial charge < -0.3 is 15.5 Å². The van der Waals surface area contributed by atoms with Gasteiger partial charge in [0.05, 0.1) is 10.7 Å². The van der Waals surface area contributed by atoms with Gasteiger partial charge in [-0.1, -0.05) is 23.7 Å². The Morgan fingerprint density at radius 1 is 1.32 bits per heavy atom. The van der Waals surface area contributed by atoms with Gasteiger partial charge in [0.25, 0.3) is 0 Å². The normalized spacial score (nSPS) is 18.5. The number of primary amides is 1. The average Bonchev–Trinajstić information content (AvgIpc) is 2.47. The zero-order valence-electron chi connectivity index (χ0n) is 12.3. The van der Waals surface area contributed by atoms with Gasteiger partial charge in [-0.2, -0.15) is 0 Å². The van der Waals surface area contributed by atoms with E-state index in [-0.39, 0.29) is 37.2 Å². The molecule has 0 saturated carbocycles. The molecule has 1 unspecified atom stereocenters. The van der Waals surface area contributed by atoms with Crippen LogP contribution in [-0.2, 0) is 14.4 Å². The van der Waals surface area contributed by atoms with Gasteiger partial charge in [-0.05, 0) is 19.1 Å². The molecule has 0 spiro atoms. The van der Waals surface area contributed by atoms with Crippen LogP contribution in [0, 0.1) is 0 Å². The smallest absolute Gasteiger partial charge is 0.246 e. The second-order valence-corrected chi connectivity index (χ2v) is 5.70. The minimum absolute atomic E-state index is 0.00945. The van der Waals surface area contributed by atoms with Crippen LogP contribution >= 0.6 is 11.6 Å². The number of nitrogens with two attached hydrogens (primary N) is 1. The van der Waals surface area contributed by atoms with Crippen molar-refractivity contribution < 1.29 is 14.4 Å². The van der Waals surface area contributed by atoms with E-state index in [1.165, 1.54) is 4.90 Å². The number of carbonyl (C=O) groups is 3. The lowest BCUT2D eigenvalue weighted by atomic mass is 10.1. The summed E-state index contributed by atoms with van der Waals surface area (Å²) in [6, 6.07) is 6.94. The molecule has 0 aromatic heterocycles. The number of anilines is 1. The van der Waals surface area contributed by atoms with Crippen LogP contribution in [0.15, 0.2) is 24.3 Å². The van der Waals surface area contributed by atoms with Gasteiger partial charge in [0.1, 0.15) is 6.54 Å². The van der Waals surface area contributed by atoms with Crippen LogP contribution in [0.2, 0.25) is 5.02 Å². The Morgan fingerprint density at radius 3 is 2.64 bits per heavy atom. The Bertz CT molecular complexity index is 605. The maximum atomic E-state index is 12.3. The summed E-state index contributed by atoms with van der Waals surface area (Å²) in [6.45, 7) is 2.20. The summed E-state index contributed by atoms with van der Waals surface area (Å²) in [5.74, 6) is -0.959. The number of rotatable bonds is 4. The fourth-order valence-corrected chi connectivity index (χ4v) is 2.70. The highest BCUT2D eigenvalue weighted by molar-refractivity contribution is 6.33. The molecule has 1 aromatic carbocycles. The highest BCUT2D eigenvalue weighted by Crippen LogP contribution is 2.28. The Labute approximate surface area is 133 Å². The number of amides is 3. The van der Waals surface area contributed by atoms with Gasteiger partial charge in [0.15, 0.2) is 0 Å². The maximum absolute atomic E-state index is 12.3. The van der Waals surface area contributed by atoms with Crippen molar-refractivity contribution in [3.05, 3.63) is 29.3 Å². The monoisotopic (exact) mass is 323 g/mol. The predicted octanol–water partition coefficient (Wildman–Crippen LogP) is 1.17. The molecule has 0 bridgehead atoms. The fraction of sp³-hybridized carbons (Fsp3) is 0.400. The molecule has 1 atom stereocenters. The number of nitrogens with zero attached hydrogens (tertiary/aromatic N) is 2. The van der Waals surface area contributed by atoms with Crippen LogP contribution in [-0.4, -0.2) is 41.8 Å². The van der Waals surface area contributed by atoms with Gasteiger partial charge >= 0.3 is 0 Å². The molecule has 118 valence electrons. The van der Waals surface area contributed by atoms with Gasteiger partial charge in [0.2, 0.25) is 17.7 Å². The molecular weight excluding hydrogens is 306 g/mol. The quantitative estimate of drug-likeness (QED) is 0.902. The minimum Gasteiger partial charge on any atom is -0.370 e. The number of piperazine rings is 1. The number of hydrogen-bond acceptors (Lipinski definition) is 3. The molecule has 1 aliphatic rings. The molecule has 7 heteroatoms. The molecule has 1 heterocycles. The largest absolute Gasteiger partial charge is 0.370 e. The summed E-state index contributed by atoms with van der Waals surface area (Å²) in [7, 11) is 0. The van der Waals surface area contributed by atoms with E-state index in [4.69, 9.17) is 17.3 Å². The van der Waals surface area contributed by atoms with Crippen molar-refractivity contribution in [2.45, 2.75) is 25.8 Å². The summed E-state index contributed by atoms with van der Waals surface area (Å²) < 4.78 is 0. The molecule has 0 aliphatic carbocycles. The lowest BCUT2D eigenvalue weighted by Gasteiger charge is -2.39. The van der Waals surface area contributed by atoms with Crippen molar-refractivity contribution in [1.29, 1.82) is 0 Å². The van der Waals surface area contributed by atoms with E-state index >= 15 is 0 Å². The van der Waals surface area contributed by atoms with Gasteiger partial charge in [-0.25, -0.2) is 0 Å². The Morgan fingerprint density at radius 2 is 2.00 bits per heavy atom. The minimum atomic E-state index is -0.526. The van der Waals surface area contributed by atoms with Crippen LogP contribution in [0.1, 0.15) is 19.8 Å². The molecule has 2 rings (SSSR count). The third-order valence-corrected chi connectivity index (χ3v) is 3.95. The van der Waals surface area contributed by atoms with Crippen molar-refractivity contribution in [1.82, 2.24) is 4.90 Å². The van der Waals surface area contributed by atoms with E-state index in [2.05, 4.69) is 0 Å². The number of para-hydroxylation sites is 1. The summed E-state index contributed by atoms with van der Waals surface area (Å²) in [5, 5.41) is 0.497. The zero-order chi connectivity index (χ0) is 16.3. The zero-order valence-corrected chi connectivity index (χ0v) is 13.0. The van der Waals surface area contributed by atoms with Crippen LogP contribution in [0.3, 0.4) is 0 Å². The molecule has 1 aromatic rings. The number of benzene rings is 1. The molecule has 3 amide bonds. The molecule has 6 nitrogen and oxygen atoms in total. The van der Waals surface area contributed by atoms with E-state index in [0.717, 1.165) is 0 Å². The van der Waals surface area contributed by atoms with Gasteiger partial charge in [-0.3, -0.25) is 14.4 Å². The first-order valence-electron chi connectivity index (χ1n) is 7.03. The first-order chi connectivity index (χ1) is 10.4. The van der Waals surface area contributed by atoms with Crippen molar-refractivity contribution in [3.63, 3.8) is 0 Å². The van der Waals surface area contributed by atoms with Crippen LogP contribution in [0.4, 0.5) is 5.69 Å². The highest BCUT2D eigenvalue weighted by atomic mass is 35.5. The third kappa shape index (κ3) is 3.57. The molecular formula is C15H18ClN3O3. The lowest BCUT2D eigenvalue weighted by Crippen LogP contribution is -2.57. The second kappa shape index (κ2) is 6.79. The Kier molecular flexibility index (Phi) is 5.03. The third-order valence-electron chi connectivity index (χ3n) is 3.63. The highest BCUT2D eigenvalue weighted by Gasteiger charge is 2.33. The van der Waals surface area contributed by atoms with Crippen molar-refractivity contribution >= 4 is 35.0 Å². The van der Waals surface area contributed by atoms with E-state index in [1.807, 2.05) is 13.0 Å². The van der Waals surface area contributed by atoms with Gasteiger partial charge in [0, 0.05) is 25.4 Å². The Hall–Kier alpha value is -2.08. The fourth-order valence-electron chi connectivity index (χ4n) is 2.46. The van der Waals surface area contributed by atoms with Crippen molar-refractivity contribution in [2.75, 3.05) is 18.0 Å². The van der Waals surface area contributed by atoms with Crippen molar-refractivity contribution in [3.8, 4) is 0 Å². The summed E-state index contributed by atoms with van der Waals surface area (Å²) >= 11 is 6.13. The second-order valence-electron chi connectivity index (χ2n) is 5.29. The molecule has 1 fully saturated rings. The predicted molar refractivity (Wildman–Crippen MR) is 83.4 cm³/mol. The van der Waals surface area contributed by atoms with Crippen LogP contribution < -0.4 is 10.6 Å². The maximum Gasteiger partial charge on any atom is 0.246 e. The topological polar surface area (TPSA) is 83.7 Å². The van der Waals surface area contributed by atoms with E-state index < -0.39 is 5.91 Å². The van der Waals surface area contributed by atoms with E-state index in [9.17, 15) is 14.4 Å². The number of hydrogen-bond donors (Lipinski definition) is 1. The van der Waals surface area contributed by atoms with E-state index in [0.29, 0.717) is 17.3 Å². The van der Waals surface area contributed by atoms with E-state index in [1.54, 1.807) is 23.1 Å². The standard InChI is InChI=1S/C15H18ClN3O3/c1-10-8-19(12-5-3-2-4-11(12)16)15(22)9-18(10)14(21)7-6-13(17)20/h2-5,10H,6-9H2,1H3,(H2,17,20). The summed E-state index contributed by atoms with van der Waals surface area (Å²) in [6.07, 6.45) is 0.0174. The Balaban J connectivity index is 2.09. The molecule has 22 heavy (non-hydrogen) atoms. The number of halogens is 1. The first kappa shape index (κ1) is 16.3. The molecule has 1 saturated heterocycles. The lowest BCUT2D eigenvalue weighted by molar-refractivity contribution is -0.140.